The second-order valence-corrected chi connectivity index (χ2v) is 7.44. The number of ether oxygens (including phenoxy) is 4. The van der Waals surface area contributed by atoms with E-state index < -0.39 is 6.09 Å². The van der Waals surface area contributed by atoms with Crippen molar-refractivity contribution in [1.29, 1.82) is 0 Å². The molecule has 1 saturated carbocycles. The molecule has 2 aromatic heterocycles. The molecule has 12 heteroatoms. The Balaban J connectivity index is 1.92. The number of hydrogen-bond donors (Lipinski definition) is 2. The molecular formula is C17H22IN5O6. The number of imidazole rings is 1. The highest BCUT2D eigenvalue weighted by molar-refractivity contribution is 14.1. The number of anilines is 1. The molecule has 3 atom stereocenters. The molecule has 158 valence electrons. The predicted octanol–water partition coefficient (Wildman–Crippen LogP) is 2.25. The van der Waals surface area contributed by atoms with Crippen LogP contribution >= 0.6 is 22.6 Å². The minimum Gasteiger partial charge on any atom is -0.465 e. The zero-order valence-corrected chi connectivity index (χ0v) is 18.2. The Morgan fingerprint density at radius 1 is 1.38 bits per heavy atom. The Hall–Kier alpha value is -1.87. The Labute approximate surface area is 180 Å². The van der Waals surface area contributed by atoms with Gasteiger partial charge in [0.2, 0.25) is 5.95 Å². The van der Waals surface area contributed by atoms with Gasteiger partial charge in [-0.3, -0.25) is 5.32 Å². The number of carbonyl (C=O) groups is 1. The molecule has 1 amide bonds. The molecule has 0 aromatic carbocycles. The normalized spacial score (nSPS) is 21.8. The minimum absolute atomic E-state index is 0.00748. The molecule has 2 aromatic rings. The number of nitrogens with one attached hydrogen (secondary N) is 1. The van der Waals surface area contributed by atoms with Crippen LogP contribution in [-0.4, -0.2) is 71.2 Å². The van der Waals surface area contributed by atoms with Crippen molar-refractivity contribution >= 4 is 45.8 Å². The van der Waals surface area contributed by atoms with Gasteiger partial charge in [-0.25, -0.2) is 14.8 Å². The maximum Gasteiger partial charge on any atom is 0.411 e. The molecule has 2 heterocycles. The predicted molar refractivity (Wildman–Crippen MR) is 111 cm³/mol. The number of fused-ring (bicyclic) bond motifs is 1. The molecule has 0 aliphatic heterocycles. The van der Waals surface area contributed by atoms with Crippen molar-refractivity contribution < 1.29 is 28.8 Å². The van der Waals surface area contributed by atoms with E-state index in [1.54, 1.807) is 20.5 Å². The van der Waals surface area contributed by atoms with Gasteiger partial charge >= 0.3 is 6.09 Å². The topological polar surface area (TPSA) is 130 Å². The van der Waals surface area contributed by atoms with E-state index in [2.05, 4.69) is 26.8 Å². The van der Waals surface area contributed by atoms with Gasteiger partial charge in [-0.05, 0) is 34.6 Å². The van der Waals surface area contributed by atoms with Crippen LogP contribution in [0.4, 0.5) is 10.7 Å². The Morgan fingerprint density at radius 3 is 2.83 bits per heavy atom. The molecule has 0 saturated heterocycles. The van der Waals surface area contributed by atoms with Crippen LogP contribution in [0.5, 0.6) is 0 Å². The molecule has 0 spiro atoms. The van der Waals surface area contributed by atoms with E-state index in [9.17, 15) is 4.79 Å². The summed E-state index contributed by atoms with van der Waals surface area (Å²) in [4.78, 5) is 23.8. The fraction of sp³-hybridized carbons (Fsp3) is 0.529. The second-order valence-electron chi connectivity index (χ2n) is 6.41. The summed E-state index contributed by atoms with van der Waals surface area (Å²) in [5.74, 6) is -0.0767. The van der Waals surface area contributed by atoms with E-state index in [0.29, 0.717) is 27.9 Å². The Kier molecular flexibility index (Phi) is 7.34. The molecule has 0 radical (unpaired) electrons. The van der Waals surface area contributed by atoms with E-state index >= 15 is 0 Å². The molecule has 1 aliphatic carbocycles. The van der Waals surface area contributed by atoms with Gasteiger partial charge in [0.1, 0.15) is 22.8 Å². The maximum atomic E-state index is 11.0. The van der Waals surface area contributed by atoms with Gasteiger partial charge in [0.15, 0.2) is 5.65 Å². The van der Waals surface area contributed by atoms with Crippen molar-refractivity contribution in [2.75, 3.05) is 39.7 Å². The third kappa shape index (κ3) is 4.83. The average molecular weight is 519 g/mol. The first kappa shape index (κ1) is 21.8. The van der Waals surface area contributed by atoms with Gasteiger partial charge < -0.3 is 28.6 Å². The fourth-order valence-corrected chi connectivity index (χ4v) is 4.00. The molecule has 0 bridgehead atoms. The third-order valence-electron chi connectivity index (χ3n) is 4.64. The highest BCUT2D eigenvalue weighted by atomic mass is 127. The SMILES string of the molecule is C=C1[C@H](COCOC)[C@@H](OCOC)C[C@@H]1n1cnc2c(I)nc(NC(=O)O)nc21. The summed E-state index contributed by atoms with van der Waals surface area (Å²) in [6.45, 7) is 4.99. The number of hydrogen-bond acceptors (Lipinski definition) is 8. The summed E-state index contributed by atoms with van der Waals surface area (Å²) < 4.78 is 23.8. The van der Waals surface area contributed by atoms with Crippen LogP contribution in [0.2, 0.25) is 0 Å². The fourth-order valence-electron chi connectivity index (χ4n) is 3.39. The van der Waals surface area contributed by atoms with Gasteiger partial charge in [-0.2, -0.15) is 4.98 Å². The van der Waals surface area contributed by atoms with E-state index in [0.717, 1.165) is 5.57 Å². The van der Waals surface area contributed by atoms with Crippen molar-refractivity contribution in [1.82, 2.24) is 19.5 Å². The first-order valence-electron chi connectivity index (χ1n) is 8.72. The summed E-state index contributed by atoms with van der Waals surface area (Å²) in [5, 5.41) is 11.2. The van der Waals surface area contributed by atoms with Crippen molar-refractivity contribution in [3.63, 3.8) is 0 Å². The molecule has 11 nitrogen and oxygen atoms in total. The standard InChI is InChI=1S/C17H22IN5O6/c1-9-10(5-28-7-26-2)12(29-8-27-3)4-11(9)23-6-19-13-14(18)20-16(21-15(13)23)22-17(24)25/h6,10-12H,1,4-5,7-8H2,2-3H3,(H,24,25)(H,20,21,22)/t10-,11-,12-/m0/s1. The summed E-state index contributed by atoms with van der Waals surface area (Å²) in [6.07, 6.45) is 0.879. The van der Waals surface area contributed by atoms with Gasteiger partial charge in [0.05, 0.1) is 25.1 Å². The number of nitrogens with zero attached hydrogens (tertiary/aromatic N) is 4. The number of methoxy groups -OCH3 is 2. The van der Waals surface area contributed by atoms with Crippen LogP contribution in [0.25, 0.3) is 11.2 Å². The number of halogens is 1. The summed E-state index contributed by atoms with van der Waals surface area (Å²) in [5.41, 5.74) is 2.01. The smallest absolute Gasteiger partial charge is 0.411 e. The lowest BCUT2D eigenvalue weighted by atomic mass is 10.0. The summed E-state index contributed by atoms with van der Waals surface area (Å²) in [7, 11) is 3.13. The van der Waals surface area contributed by atoms with Crippen LogP contribution in [0.1, 0.15) is 12.5 Å². The molecule has 29 heavy (non-hydrogen) atoms. The lowest BCUT2D eigenvalue weighted by molar-refractivity contribution is -0.102. The van der Waals surface area contributed by atoms with E-state index in [4.69, 9.17) is 24.1 Å². The highest BCUT2D eigenvalue weighted by Gasteiger charge is 2.40. The van der Waals surface area contributed by atoms with Gasteiger partial charge in [-0.15, -0.1) is 0 Å². The average Bonchev–Trinajstić information content (AvgIpc) is 3.21. The summed E-state index contributed by atoms with van der Waals surface area (Å²) >= 11 is 2.00. The van der Waals surface area contributed by atoms with E-state index in [1.807, 2.05) is 27.2 Å². The lowest BCUT2D eigenvalue weighted by Gasteiger charge is -2.20. The van der Waals surface area contributed by atoms with Crippen molar-refractivity contribution in [2.45, 2.75) is 18.6 Å². The minimum atomic E-state index is -1.24. The maximum absolute atomic E-state index is 11.0. The zero-order valence-electron chi connectivity index (χ0n) is 16.0. The zero-order chi connectivity index (χ0) is 21.0. The Morgan fingerprint density at radius 2 is 2.14 bits per heavy atom. The van der Waals surface area contributed by atoms with Crippen LogP contribution < -0.4 is 5.32 Å². The third-order valence-corrected chi connectivity index (χ3v) is 5.39. The number of carboxylic acid groups (broad SMARTS) is 1. The molecular weight excluding hydrogens is 497 g/mol. The Bertz CT molecular complexity index is 891. The van der Waals surface area contributed by atoms with E-state index in [1.165, 1.54) is 0 Å². The molecule has 1 fully saturated rings. The largest absolute Gasteiger partial charge is 0.465 e. The van der Waals surface area contributed by atoms with Crippen molar-refractivity contribution in [3.05, 3.63) is 22.2 Å². The number of amides is 1. The van der Waals surface area contributed by atoms with Gasteiger partial charge in [0.25, 0.3) is 0 Å². The van der Waals surface area contributed by atoms with Crippen LogP contribution in [-0.2, 0) is 18.9 Å². The first-order chi connectivity index (χ1) is 14.0. The molecule has 3 rings (SSSR count). The monoisotopic (exact) mass is 519 g/mol. The van der Waals surface area contributed by atoms with Crippen molar-refractivity contribution in [3.8, 4) is 0 Å². The van der Waals surface area contributed by atoms with E-state index in [-0.39, 0.29) is 37.6 Å². The van der Waals surface area contributed by atoms with Gasteiger partial charge in [-0.1, -0.05) is 6.58 Å². The molecule has 0 unspecified atom stereocenters. The lowest BCUT2D eigenvalue weighted by Crippen LogP contribution is -2.24. The van der Waals surface area contributed by atoms with Crippen LogP contribution in [0.15, 0.2) is 18.5 Å². The number of aromatic nitrogens is 4. The van der Waals surface area contributed by atoms with Crippen molar-refractivity contribution in [2.24, 2.45) is 5.92 Å². The van der Waals surface area contributed by atoms with Crippen LogP contribution in [0.3, 0.4) is 0 Å². The number of rotatable bonds is 9. The quantitative estimate of drug-likeness (QED) is 0.169. The molecule has 1 aliphatic rings. The van der Waals surface area contributed by atoms with Gasteiger partial charge in [0, 0.05) is 20.1 Å². The summed E-state index contributed by atoms with van der Waals surface area (Å²) in [6, 6.07) is -0.152. The highest BCUT2D eigenvalue weighted by Crippen LogP contribution is 2.42. The van der Waals surface area contributed by atoms with Crippen LogP contribution in [0, 0.1) is 9.62 Å². The molecule has 2 N–H and O–H groups in total. The second kappa shape index (κ2) is 9.75. The first-order valence-corrected chi connectivity index (χ1v) is 9.80.